The van der Waals surface area contributed by atoms with Crippen LogP contribution >= 0.6 is 0 Å². The van der Waals surface area contributed by atoms with E-state index in [2.05, 4.69) is 39.0 Å². The van der Waals surface area contributed by atoms with Crippen LogP contribution in [-0.4, -0.2) is 0 Å². The van der Waals surface area contributed by atoms with Gasteiger partial charge in [0.2, 0.25) is 0 Å². The van der Waals surface area contributed by atoms with Gasteiger partial charge >= 0.3 is 0 Å². The average molecular weight is 203 g/mol. The van der Waals surface area contributed by atoms with Crippen molar-refractivity contribution in [3.8, 4) is 0 Å². The molecule has 0 N–H and O–H groups in total. The van der Waals surface area contributed by atoms with E-state index >= 15 is 0 Å². The summed E-state index contributed by atoms with van der Waals surface area (Å²) in [5.41, 5.74) is 4.32. The summed E-state index contributed by atoms with van der Waals surface area (Å²) < 4.78 is 0. The highest BCUT2D eigenvalue weighted by atomic mass is 14.1. The Labute approximate surface area is 94.7 Å². The number of hydrogen-bond donors (Lipinski definition) is 0. The van der Waals surface area contributed by atoms with Crippen molar-refractivity contribution < 1.29 is 0 Å². The summed E-state index contributed by atoms with van der Waals surface area (Å²) in [6.07, 6.45) is 7.24. The van der Waals surface area contributed by atoms with Crippen LogP contribution in [0.1, 0.15) is 56.7 Å². The lowest BCUT2D eigenvalue weighted by Gasteiger charge is -2.07. The molecule has 0 saturated carbocycles. The van der Waals surface area contributed by atoms with Gasteiger partial charge in [0.1, 0.15) is 0 Å². The van der Waals surface area contributed by atoms with E-state index in [0.29, 0.717) is 0 Å². The zero-order chi connectivity index (χ0) is 11.1. The van der Waals surface area contributed by atoms with E-state index in [9.17, 15) is 0 Å². The van der Waals surface area contributed by atoms with Crippen molar-refractivity contribution in [3.05, 3.63) is 34.9 Å². The minimum absolute atomic E-state index is 1.17. The maximum atomic E-state index is 3.55. The molecule has 0 aromatic heterocycles. The molecule has 1 rings (SSSR count). The highest BCUT2D eigenvalue weighted by Gasteiger charge is 2.00. The van der Waals surface area contributed by atoms with Gasteiger partial charge in [-0.25, -0.2) is 0 Å². The number of rotatable bonds is 6. The number of hydrogen-bond acceptors (Lipinski definition) is 0. The fourth-order valence-corrected chi connectivity index (χ4v) is 2.01. The van der Waals surface area contributed by atoms with Gasteiger partial charge in [-0.3, -0.25) is 0 Å². The summed E-state index contributed by atoms with van der Waals surface area (Å²) in [5.74, 6) is 0. The number of benzene rings is 1. The van der Waals surface area contributed by atoms with Gasteiger partial charge in [-0.1, -0.05) is 52.2 Å². The largest absolute Gasteiger partial charge is 0.0651 e. The van der Waals surface area contributed by atoms with Gasteiger partial charge in [0.05, 0.1) is 0 Å². The van der Waals surface area contributed by atoms with Crippen LogP contribution in [0.4, 0.5) is 0 Å². The molecule has 0 spiro atoms. The predicted molar refractivity (Wildman–Crippen MR) is 67.3 cm³/mol. The van der Waals surface area contributed by atoms with Crippen molar-refractivity contribution in [2.24, 2.45) is 0 Å². The summed E-state index contributed by atoms with van der Waals surface area (Å²) in [5, 5.41) is 0. The molecule has 83 valence electrons. The third-order valence-electron chi connectivity index (χ3n) is 2.62. The third-order valence-corrected chi connectivity index (χ3v) is 2.62. The molecule has 15 heavy (non-hydrogen) atoms. The second kappa shape index (κ2) is 6.66. The molecule has 1 aromatic carbocycles. The fraction of sp³-hybridized carbons (Fsp3) is 0.600. The second-order valence-electron chi connectivity index (χ2n) is 4.29. The molecule has 0 heteroatoms. The van der Waals surface area contributed by atoms with Gasteiger partial charge in [-0.2, -0.15) is 0 Å². The Morgan fingerprint density at radius 2 is 1.27 bits per heavy atom. The molecule has 0 bridgehead atoms. The van der Waals surface area contributed by atoms with Crippen LogP contribution < -0.4 is 0 Å². The van der Waals surface area contributed by atoms with Gasteiger partial charge < -0.3 is 0 Å². The summed E-state index contributed by atoms with van der Waals surface area (Å²) in [6, 6.07) is 8.22. The summed E-state index contributed by atoms with van der Waals surface area (Å²) in [6.45, 7) is 6.72. The van der Waals surface area contributed by atoms with Crippen molar-refractivity contribution >= 4 is 0 Å². The zero-order valence-electron chi connectivity index (χ0n) is 10.4. The normalized spacial score (nSPS) is 10.6. The van der Waals surface area contributed by atoms with Gasteiger partial charge in [-0.05, 0) is 42.0 Å². The maximum absolute atomic E-state index is 3.55. The molecule has 0 heterocycles. The molecule has 0 atom stereocenters. The molecule has 1 radical (unpaired) electrons. The van der Waals surface area contributed by atoms with Crippen molar-refractivity contribution in [2.45, 2.75) is 59.3 Å². The maximum Gasteiger partial charge on any atom is -0.0114 e. The minimum atomic E-state index is 1.17. The molecule has 1 aromatic rings. The van der Waals surface area contributed by atoms with Crippen molar-refractivity contribution in [1.29, 1.82) is 0 Å². The van der Waals surface area contributed by atoms with Crippen LogP contribution in [0.15, 0.2) is 12.1 Å². The van der Waals surface area contributed by atoms with E-state index in [-0.39, 0.29) is 0 Å². The number of aryl methyl sites for hydroxylation is 3. The first-order valence-electron chi connectivity index (χ1n) is 6.34. The topological polar surface area (TPSA) is 0 Å². The summed E-state index contributed by atoms with van der Waals surface area (Å²) in [7, 11) is 0. The monoisotopic (exact) mass is 203 g/mol. The second-order valence-corrected chi connectivity index (χ2v) is 4.29. The first kappa shape index (κ1) is 12.3. The Kier molecular flexibility index (Phi) is 5.45. The van der Waals surface area contributed by atoms with Crippen LogP contribution in [0.2, 0.25) is 0 Å². The Balaban J connectivity index is 2.86. The van der Waals surface area contributed by atoms with Gasteiger partial charge in [0.15, 0.2) is 0 Å². The van der Waals surface area contributed by atoms with E-state index in [1.54, 1.807) is 0 Å². The predicted octanol–water partition coefficient (Wildman–Crippen LogP) is 4.34. The van der Waals surface area contributed by atoms with Crippen molar-refractivity contribution in [1.82, 2.24) is 0 Å². The molecule has 0 aliphatic carbocycles. The van der Waals surface area contributed by atoms with Crippen molar-refractivity contribution in [2.75, 3.05) is 0 Å². The molecular formula is C15H23. The SMILES string of the molecule is CCCc1[c]c(CCC)cc(CCC)c1. The van der Waals surface area contributed by atoms with E-state index in [1.807, 2.05) is 0 Å². The van der Waals surface area contributed by atoms with Gasteiger partial charge in [-0.15, -0.1) is 0 Å². The lowest BCUT2D eigenvalue weighted by molar-refractivity contribution is 0.868. The Hall–Kier alpha value is -0.780. The zero-order valence-corrected chi connectivity index (χ0v) is 10.4. The molecular weight excluding hydrogens is 180 g/mol. The quantitative estimate of drug-likeness (QED) is 0.645. The van der Waals surface area contributed by atoms with Gasteiger partial charge in [0.25, 0.3) is 0 Å². The molecule has 0 nitrogen and oxygen atoms in total. The standard InChI is InChI=1S/C15H23/c1-4-7-13-10-14(8-5-2)12-15(11-13)9-6-3/h10-11H,4-9H2,1-3H3. The molecule has 0 aliphatic heterocycles. The van der Waals surface area contributed by atoms with E-state index < -0.39 is 0 Å². The van der Waals surface area contributed by atoms with E-state index in [1.165, 1.54) is 55.2 Å². The Bertz CT molecular complexity index is 226. The fourth-order valence-electron chi connectivity index (χ4n) is 2.01. The highest BCUT2D eigenvalue weighted by Crippen LogP contribution is 2.14. The minimum Gasteiger partial charge on any atom is -0.0651 e. The summed E-state index contributed by atoms with van der Waals surface area (Å²) >= 11 is 0. The first-order chi connectivity index (χ1) is 7.30. The molecule has 0 amide bonds. The van der Waals surface area contributed by atoms with Crippen LogP contribution in [0.3, 0.4) is 0 Å². The smallest absolute Gasteiger partial charge is 0.0114 e. The summed E-state index contributed by atoms with van der Waals surface area (Å²) in [4.78, 5) is 0. The first-order valence-corrected chi connectivity index (χ1v) is 6.34. The Morgan fingerprint density at radius 3 is 1.67 bits per heavy atom. The molecule has 0 unspecified atom stereocenters. The van der Waals surface area contributed by atoms with Crippen LogP contribution in [-0.2, 0) is 19.3 Å². The highest BCUT2D eigenvalue weighted by molar-refractivity contribution is 5.29. The van der Waals surface area contributed by atoms with E-state index in [0.717, 1.165) is 0 Å². The van der Waals surface area contributed by atoms with Crippen LogP contribution in [0.5, 0.6) is 0 Å². The lowest BCUT2D eigenvalue weighted by Crippen LogP contribution is -1.94. The van der Waals surface area contributed by atoms with Gasteiger partial charge in [0, 0.05) is 0 Å². The van der Waals surface area contributed by atoms with E-state index in [4.69, 9.17) is 0 Å². The average Bonchev–Trinajstić information content (AvgIpc) is 2.19. The Morgan fingerprint density at radius 1 is 0.800 bits per heavy atom. The van der Waals surface area contributed by atoms with Crippen LogP contribution in [0.25, 0.3) is 0 Å². The molecule has 0 fully saturated rings. The molecule has 0 saturated heterocycles. The third kappa shape index (κ3) is 4.07. The molecule has 0 aliphatic rings. The lowest BCUT2D eigenvalue weighted by atomic mass is 9.98. The van der Waals surface area contributed by atoms with Crippen molar-refractivity contribution in [3.63, 3.8) is 0 Å². The van der Waals surface area contributed by atoms with Crippen LogP contribution in [0, 0.1) is 6.07 Å².